The number of hydrazone groups is 1. The van der Waals surface area contributed by atoms with E-state index in [1.54, 1.807) is 6.21 Å². The first-order valence-electron chi connectivity index (χ1n) is 10.2. The number of para-hydroxylation sites is 1. The normalized spacial score (nSPS) is 11.0. The molecule has 0 spiro atoms. The highest BCUT2D eigenvalue weighted by Crippen LogP contribution is 2.25. The number of nitrogens with one attached hydrogen (secondary N) is 2. The van der Waals surface area contributed by atoms with Crippen LogP contribution in [0.2, 0.25) is 0 Å². The van der Waals surface area contributed by atoms with Crippen LogP contribution in [0.3, 0.4) is 0 Å². The Morgan fingerprint density at radius 2 is 1.55 bits per heavy atom. The molecule has 6 nitrogen and oxygen atoms in total. The van der Waals surface area contributed by atoms with Gasteiger partial charge in [-0.3, -0.25) is 9.59 Å². The SMILES string of the molecule is Cc1ccc(C)c(NC(=O)C(=O)N/N=C\c2cc(C)n(-c3c(C)cccc3C)c2C)c1. The van der Waals surface area contributed by atoms with Gasteiger partial charge in [0.1, 0.15) is 0 Å². The van der Waals surface area contributed by atoms with Crippen molar-refractivity contribution in [3.63, 3.8) is 0 Å². The second-order valence-corrected chi connectivity index (χ2v) is 7.87. The predicted molar refractivity (Wildman–Crippen MR) is 125 cm³/mol. The van der Waals surface area contributed by atoms with Gasteiger partial charge < -0.3 is 9.88 Å². The molecule has 3 aromatic rings. The van der Waals surface area contributed by atoms with Gasteiger partial charge in [-0.2, -0.15) is 5.10 Å². The van der Waals surface area contributed by atoms with Gasteiger partial charge in [-0.05, 0) is 75.9 Å². The van der Waals surface area contributed by atoms with Crippen molar-refractivity contribution in [2.45, 2.75) is 41.5 Å². The van der Waals surface area contributed by atoms with Crippen molar-refractivity contribution in [2.24, 2.45) is 5.10 Å². The van der Waals surface area contributed by atoms with Gasteiger partial charge in [0.25, 0.3) is 0 Å². The summed E-state index contributed by atoms with van der Waals surface area (Å²) in [5, 5.41) is 6.63. The fourth-order valence-electron chi connectivity index (χ4n) is 3.68. The van der Waals surface area contributed by atoms with E-state index in [1.165, 1.54) is 11.1 Å². The maximum atomic E-state index is 12.2. The van der Waals surface area contributed by atoms with Gasteiger partial charge in [0.15, 0.2) is 0 Å². The average Bonchev–Trinajstić information content (AvgIpc) is 2.98. The number of hydrogen-bond donors (Lipinski definition) is 2. The van der Waals surface area contributed by atoms with Crippen LogP contribution in [0.15, 0.2) is 47.6 Å². The van der Waals surface area contributed by atoms with Crippen molar-refractivity contribution in [1.29, 1.82) is 0 Å². The number of aromatic nitrogens is 1. The molecule has 0 fully saturated rings. The zero-order chi connectivity index (χ0) is 22.7. The number of carbonyl (C=O) groups excluding carboxylic acids is 2. The van der Waals surface area contributed by atoms with Crippen LogP contribution in [0.1, 0.15) is 39.2 Å². The molecular formula is C25H28N4O2. The van der Waals surface area contributed by atoms with Crippen LogP contribution in [0.4, 0.5) is 5.69 Å². The number of carbonyl (C=O) groups is 2. The smallest absolute Gasteiger partial charge is 0.317 e. The van der Waals surface area contributed by atoms with E-state index in [0.29, 0.717) is 5.69 Å². The average molecular weight is 417 g/mol. The van der Waals surface area contributed by atoms with Crippen LogP contribution in [-0.4, -0.2) is 22.6 Å². The van der Waals surface area contributed by atoms with E-state index in [-0.39, 0.29) is 0 Å². The Labute approximate surface area is 183 Å². The van der Waals surface area contributed by atoms with Crippen molar-refractivity contribution in [1.82, 2.24) is 9.99 Å². The zero-order valence-corrected chi connectivity index (χ0v) is 18.8. The molecule has 2 amide bonds. The second-order valence-electron chi connectivity index (χ2n) is 7.87. The molecule has 0 atom stereocenters. The Morgan fingerprint density at radius 3 is 2.23 bits per heavy atom. The highest BCUT2D eigenvalue weighted by Gasteiger charge is 2.15. The van der Waals surface area contributed by atoms with Gasteiger partial charge in [-0.1, -0.05) is 30.3 Å². The van der Waals surface area contributed by atoms with Crippen LogP contribution in [0, 0.1) is 41.5 Å². The number of anilines is 1. The number of rotatable bonds is 4. The standard InChI is InChI=1S/C25H28N4O2/c1-15-10-11-16(2)22(12-15)27-24(30)25(31)28-26-14-21-13-19(5)29(20(21)6)23-17(3)8-7-9-18(23)4/h7-14H,1-6H3,(H,27,30)(H,28,31)/b26-14-. The summed E-state index contributed by atoms with van der Waals surface area (Å²) in [6, 6.07) is 13.9. The molecule has 0 radical (unpaired) electrons. The van der Waals surface area contributed by atoms with E-state index >= 15 is 0 Å². The zero-order valence-electron chi connectivity index (χ0n) is 18.8. The molecule has 2 N–H and O–H groups in total. The highest BCUT2D eigenvalue weighted by molar-refractivity contribution is 6.39. The van der Waals surface area contributed by atoms with Gasteiger partial charge in [0.05, 0.1) is 11.9 Å². The van der Waals surface area contributed by atoms with E-state index in [9.17, 15) is 9.59 Å². The van der Waals surface area contributed by atoms with E-state index in [1.807, 2.05) is 58.0 Å². The summed E-state index contributed by atoms with van der Waals surface area (Å²) < 4.78 is 2.18. The van der Waals surface area contributed by atoms with Gasteiger partial charge in [0.2, 0.25) is 0 Å². The Hall–Kier alpha value is -3.67. The molecule has 3 rings (SSSR count). The minimum absolute atomic E-state index is 0.612. The Balaban J connectivity index is 1.73. The molecule has 1 aromatic heterocycles. The molecule has 0 aliphatic heterocycles. The van der Waals surface area contributed by atoms with Crippen molar-refractivity contribution >= 4 is 23.7 Å². The van der Waals surface area contributed by atoms with Gasteiger partial charge in [-0.25, -0.2) is 5.43 Å². The third kappa shape index (κ3) is 4.74. The molecule has 0 saturated carbocycles. The van der Waals surface area contributed by atoms with Crippen LogP contribution in [-0.2, 0) is 9.59 Å². The lowest BCUT2D eigenvalue weighted by atomic mass is 10.1. The van der Waals surface area contributed by atoms with E-state index < -0.39 is 11.8 Å². The fourth-order valence-corrected chi connectivity index (χ4v) is 3.68. The van der Waals surface area contributed by atoms with E-state index in [0.717, 1.165) is 33.8 Å². The van der Waals surface area contributed by atoms with Gasteiger partial charge >= 0.3 is 11.8 Å². The molecule has 0 aliphatic carbocycles. The van der Waals surface area contributed by atoms with Crippen molar-refractivity contribution in [3.8, 4) is 5.69 Å². The lowest BCUT2D eigenvalue weighted by Crippen LogP contribution is -2.32. The number of nitrogens with zero attached hydrogens (tertiary/aromatic N) is 2. The van der Waals surface area contributed by atoms with E-state index in [2.05, 4.69) is 46.4 Å². The van der Waals surface area contributed by atoms with Crippen molar-refractivity contribution in [2.75, 3.05) is 5.32 Å². The summed E-state index contributed by atoms with van der Waals surface area (Å²) >= 11 is 0. The molecule has 0 bridgehead atoms. The van der Waals surface area contributed by atoms with Crippen molar-refractivity contribution in [3.05, 3.63) is 81.7 Å². The third-order valence-corrected chi connectivity index (χ3v) is 5.35. The fraction of sp³-hybridized carbons (Fsp3) is 0.240. The van der Waals surface area contributed by atoms with Gasteiger partial charge in [-0.15, -0.1) is 0 Å². The minimum Gasteiger partial charge on any atom is -0.317 e. The Kier molecular flexibility index (Phi) is 6.39. The molecule has 0 aliphatic rings. The summed E-state index contributed by atoms with van der Waals surface area (Å²) in [4.78, 5) is 24.4. The lowest BCUT2D eigenvalue weighted by molar-refractivity contribution is -0.136. The van der Waals surface area contributed by atoms with Gasteiger partial charge in [0, 0.05) is 22.6 Å². The Bertz CT molecular complexity index is 1170. The molecule has 31 heavy (non-hydrogen) atoms. The van der Waals surface area contributed by atoms with E-state index in [4.69, 9.17) is 0 Å². The lowest BCUT2D eigenvalue weighted by Gasteiger charge is -2.15. The molecule has 6 heteroatoms. The van der Waals surface area contributed by atoms with Crippen LogP contribution < -0.4 is 10.7 Å². The molecular weight excluding hydrogens is 388 g/mol. The monoisotopic (exact) mass is 416 g/mol. The maximum absolute atomic E-state index is 12.2. The van der Waals surface area contributed by atoms with Crippen LogP contribution in [0.25, 0.3) is 5.69 Å². The summed E-state index contributed by atoms with van der Waals surface area (Å²) in [6.45, 7) is 12.0. The third-order valence-electron chi connectivity index (χ3n) is 5.35. The largest absolute Gasteiger partial charge is 0.329 e. The first kappa shape index (κ1) is 22.0. The molecule has 0 unspecified atom stereocenters. The number of amides is 2. The maximum Gasteiger partial charge on any atom is 0.329 e. The summed E-state index contributed by atoms with van der Waals surface area (Å²) in [5.41, 5.74) is 11.3. The number of hydrogen-bond acceptors (Lipinski definition) is 3. The number of benzene rings is 2. The van der Waals surface area contributed by atoms with Crippen molar-refractivity contribution < 1.29 is 9.59 Å². The molecule has 0 saturated heterocycles. The quantitative estimate of drug-likeness (QED) is 0.375. The first-order valence-corrected chi connectivity index (χ1v) is 10.2. The number of aryl methyl sites for hydroxylation is 5. The summed E-state index contributed by atoms with van der Waals surface area (Å²) in [6.07, 6.45) is 1.57. The Morgan fingerprint density at radius 1 is 0.871 bits per heavy atom. The predicted octanol–water partition coefficient (Wildman–Crippen LogP) is 4.42. The molecule has 160 valence electrons. The molecule has 2 aromatic carbocycles. The minimum atomic E-state index is -0.819. The second kappa shape index (κ2) is 9.00. The van der Waals surface area contributed by atoms with Crippen LogP contribution >= 0.6 is 0 Å². The molecule has 1 heterocycles. The topological polar surface area (TPSA) is 75.5 Å². The highest BCUT2D eigenvalue weighted by atomic mass is 16.2. The first-order chi connectivity index (χ1) is 14.7. The summed E-state index contributed by atoms with van der Waals surface area (Å²) in [7, 11) is 0. The van der Waals surface area contributed by atoms with Crippen LogP contribution in [0.5, 0.6) is 0 Å². The summed E-state index contributed by atoms with van der Waals surface area (Å²) in [5.74, 6) is -1.58.